The van der Waals surface area contributed by atoms with Crippen molar-refractivity contribution in [3.05, 3.63) is 71.8 Å². The monoisotopic (exact) mass is 292 g/mol. The fraction of sp³-hybridized carbons (Fsp3) is 0.0556. The Morgan fingerprint density at radius 3 is 2.45 bits per heavy atom. The lowest BCUT2D eigenvalue weighted by atomic mass is 10.0. The molecule has 0 aromatic heterocycles. The highest BCUT2D eigenvalue weighted by atomic mass is 16.3. The average molecular weight is 292 g/mol. The number of carbonyl (C=O) groups is 1. The Morgan fingerprint density at radius 2 is 1.73 bits per heavy atom. The number of anilines is 1. The van der Waals surface area contributed by atoms with E-state index < -0.39 is 5.91 Å². The quantitative estimate of drug-likeness (QED) is 0.691. The van der Waals surface area contributed by atoms with E-state index in [1.54, 1.807) is 30.3 Å². The van der Waals surface area contributed by atoms with Crippen LogP contribution in [0.15, 0.2) is 60.7 Å². The van der Waals surface area contributed by atoms with Crippen molar-refractivity contribution in [2.45, 2.75) is 6.54 Å². The van der Waals surface area contributed by atoms with Gasteiger partial charge in [0.1, 0.15) is 5.75 Å². The summed E-state index contributed by atoms with van der Waals surface area (Å²) in [6.07, 6.45) is 0. The van der Waals surface area contributed by atoms with Gasteiger partial charge < -0.3 is 16.2 Å². The van der Waals surface area contributed by atoms with Crippen LogP contribution in [0.1, 0.15) is 15.9 Å². The first kappa shape index (κ1) is 13.9. The summed E-state index contributed by atoms with van der Waals surface area (Å²) in [7, 11) is 0. The van der Waals surface area contributed by atoms with Crippen molar-refractivity contribution in [1.82, 2.24) is 0 Å². The normalized spacial score (nSPS) is 10.5. The van der Waals surface area contributed by atoms with E-state index in [2.05, 4.69) is 5.32 Å². The van der Waals surface area contributed by atoms with Gasteiger partial charge in [0.25, 0.3) is 0 Å². The Labute approximate surface area is 128 Å². The van der Waals surface area contributed by atoms with Gasteiger partial charge in [0.2, 0.25) is 5.91 Å². The summed E-state index contributed by atoms with van der Waals surface area (Å²) in [6, 6.07) is 18.5. The molecule has 3 aromatic carbocycles. The summed E-state index contributed by atoms with van der Waals surface area (Å²) in [5.74, 6) is -0.182. The van der Waals surface area contributed by atoms with E-state index >= 15 is 0 Å². The first-order chi connectivity index (χ1) is 10.6. The Balaban J connectivity index is 1.84. The molecule has 0 saturated carbocycles. The van der Waals surface area contributed by atoms with Crippen molar-refractivity contribution < 1.29 is 9.90 Å². The fourth-order valence-corrected chi connectivity index (χ4v) is 2.45. The van der Waals surface area contributed by atoms with E-state index in [0.717, 1.165) is 22.0 Å². The lowest BCUT2D eigenvalue weighted by Gasteiger charge is -2.11. The highest BCUT2D eigenvalue weighted by molar-refractivity contribution is 5.93. The number of primary amides is 1. The third-order valence-electron chi connectivity index (χ3n) is 3.65. The first-order valence-corrected chi connectivity index (χ1v) is 6.98. The fourth-order valence-electron chi connectivity index (χ4n) is 2.45. The number of hydrogen-bond donors (Lipinski definition) is 3. The maximum atomic E-state index is 11.1. The molecule has 0 saturated heterocycles. The molecule has 0 spiro atoms. The summed E-state index contributed by atoms with van der Waals surface area (Å²) in [6.45, 7) is 0.489. The molecule has 4 heteroatoms. The second kappa shape index (κ2) is 5.77. The van der Waals surface area contributed by atoms with Crippen LogP contribution in [0.2, 0.25) is 0 Å². The van der Waals surface area contributed by atoms with Crippen molar-refractivity contribution in [2.24, 2.45) is 5.73 Å². The maximum Gasteiger partial charge on any atom is 0.248 e. The molecule has 0 bridgehead atoms. The summed E-state index contributed by atoms with van der Waals surface area (Å²) in [5.41, 5.74) is 7.39. The lowest BCUT2D eigenvalue weighted by molar-refractivity contribution is 0.100. The van der Waals surface area contributed by atoms with Gasteiger partial charge >= 0.3 is 0 Å². The van der Waals surface area contributed by atoms with Crippen LogP contribution in [0.4, 0.5) is 5.69 Å². The number of benzene rings is 3. The molecule has 0 atom stereocenters. The molecule has 0 aliphatic carbocycles. The molecule has 0 radical (unpaired) electrons. The molecule has 0 heterocycles. The molecule has 3 rings (SSSR count). The largest absolute Gasteiger partial charge is 0.508 e. The van der Waals surface area contributed by atoms with E-state index in [0.29, 0.717) is 12.1 Å². The average Bonchev–Trinajstić information content (AvgIpc) is 2.54. The summed E-state index contributed by atoms with van der Waals surface area (Å²) < 4.78 is 0. The third kappa shape index (κ3) is 2.72. The summed E-state index contributed by atoms with van der Waals surface area (Å²) in [5, 5.41) is 15.5. The number of amides is 1. The molecule has 4 nitrogen and oxygen atoms in total. The van der Waals surface area contributed by atoms with Gasteiger partial charge in [-0.05, 0) is 41.1 Å². The van der Waals surface area contributed by atoms with Crippen molar-refractivity contribution in [2.75, 3.05) is 5.32 Å². The smallest absolute Gasteiger partial charge is 0.248 e. The third-order valence-corrected chi connectivity index (χ3v) is 3.65. The van der Waals surface area contributed by atoms with Gasteiger partial charge in [-0.1, -0.05) is 30.3 Å². The van der Waals surface area contributed by atoms with Crippen LogP contribution in [0.25, 0.3) is 10.8 Å². The van der Waals surface area contributed by atoms with Gasteiger partial charge in [0, 0.05) is 23.4 Å². The van der Waals surface area contributed by atoms with E-state index in [4.69, 9.17) is 5.73 Å². The second-order valence-electron chi connectivity index (χ2n) is 5.08. The van der Waals surface area contributed by atoms with E-state index in [1.807, 2.05) is 30.3 Å². The van der Waals surface area contributed by atoms with Crippen LogP contribution in [0.3, 0.4) is 0 Å². The van der Waals surface area contributed by atoms with Gasteiger partial charge in [-0.2, -0.15) is 0 Å². The van der Waals surface area contributed by atoms with E-state index in [9.17, 15) is 9.90 Å². The number of phenolic OH excluding ortho intramolecular Hbond substituents is 1. The molecule has 110 valence electrons. The van der Waals surface area contributed by atoms with Gasteiger partial charge in [0.15, 0.2) is 0 Å². The van der Waals surface area contributed by atoms with Crippen molar-refractivity contribution >= 4 is 22.4 Å². The molecule has 3 aromatic rings. The van der Waals surface area contributed by atoms with Crippen molar-refractivity contribution in [1.29, 1.82) is 0 Å². The highest BCUT2D eigenvalue weighted by Gasteiger charge is 2.07. The zero-order valence-electron chi connectivity index (χ0n) is 11.9. The van der Waals surface area contributed by atoms with Gasteiger partial charge in [-0.25, -0.2) is 0 Å². The molecule has 0 aliphatic rings. The van der Waals surface area contributed by atoms with Crippen LogP contribution in [-0.4, -0.2) is 11.0 Å². The Morgan fingerprint density at radius 1 is 1.00 bits per heavy atom. The number of nitrogens with two attached hydrogens (primary N) is 1. The van der Waals surface area contributed by atoms with Gasteiger partial charge in [-0.3, -0.25) is 4.79 Å². The van der Waals surface area contributed by atoms with Crippen LogP contribution in [0.5, 0.6) is 5.75 Å². The topological polar surface area (TPSA) is 75.4 Å². The predicted octanol–water partition coefficient (Wildman–Crippen LogP) is 3.26. The Hall–Kier alpha value is -3.01. The maximum absolute atomic E-state index is 11.1. The number of fused-ring (bicyclic) bond motifs is 1. The van der Waals surface area contributed by atoms with Crippen molar-refractivity contribution in [3.63, 3.8) is 0 Å². The molecule has 0 fully saturated rings. The highest BCUT2D eigenvalue weighted by Crippen LogP contribution is 2.27. The number of hydrogen-bond acceptors (Lipinski definition) is 3. The minimum absolute atomic E-state index is 0.264. The van der Waals surface area contributed by atoms with Crippen LogP contribution < -0.4 is 11.1 Å². The number of nitrogens with one attached hydrogen (secondary N) is 1. The standard InChI is InChI=1S/C18H16N2O2/c19-18(22)13-5-8-14(9-6-13)20-11-16-15-4-2-1-3-12(15)7-10-17(16)21/h1-10,20-21H,11H2,(H2,19,22). The summed E-state index contributed by atoms with van der Waals surface area (Å²) in [4.78, 5) is 11.1. The van der Waals surface area contributed by atoms with Gasteiger partial charge in [0.05, 0.1) is 0 Å². The molecular weight excluding hydrogens is 276 g/mol. The van der Waals surface area contributed by atoms with Crippen molar-refractivity contribution in [3.8, 4) is 5.75 Å². The number of aromatic hydroxyl groups is 1. The molecule has 1 amide bonds. The Bertz CT molecular complexity index is 826. The number of carbonyl (C=O) groups excluding carboxylic acids is 1. The zero-order valence-corrected chi connectivity index (χ0v) is 11.9. The molecular formula is C18H16N2O2. The zero-order chi connectivity index (χ0) is 15.5. The van der Waals surface area contributed by atoms with E-state index in [-0.39, 0.29) is 5.75 Å². The minimum Gasteiger partial charge on any atom is -0.508 e. The molecule has 0 unspecified atom stereocenters. The molecule has 0 aliphatic heterocycles. The van der Waals surface area contributed by atoms with Crippen LogP contribution in [-0.2, 0) is 6.54 Å². The number of phenols is 1. The number of rotatable bonds is 4. The first-order valence-electron chi connectivity index (χ1n) is 6.98. The van der Waals surface area contributed by atoms with Gasteiger partial charge in [-0.15, -0.1) is 0 Å². The van der Waals surface area contributed by atoms with Crippen LogP contribution >= 0.6 is 0 Å². The summed E-state index contributed by atoms with van der Waals surface area (Å²) >= 11 is 0. The lowest BCUT2D eigenvalue weighted by Crippen LogP contribution is -2.10. The molecule has 4 N–H and O–H groups in total. The van der Waals surface area contributed by atoms with E-state index in [1.165, 1.54) is 0 Å². The minimum atomic E-state index is -0.446. The Kier molecular flexibility index (Phi) is 3.66. The predicted molar refractivity (Wildman–Crippen MR) is 87.9 cm³/mol. The second-order valence-corrected chi connectivity index (χ2v) is 5.08. The SMILES string of the molecule is NC(=O)c1ccc(NCc2c(O)ccc3ccccc23)cc1. The van der Waals surface area contributed by atoms with Crippen LogP contribution in [0, 0.1) is 0 Å². The molecule has 22 heavy (non-hydrogen) atoms.